The van der Waals surface area contributed by atoms with E-state index in [0.29, 0.717) is 37.6 Å². The fourth-order valence-corrected chi connectivity index (χ4v) is 2.10. The molecule has 1 saturated heterocycles. The molecule has 7 heteroatoms. The second-order valence-corrected chi connectivity index (χ2v) is 4.82. The second-order valence-electron chi connectivity index (χ2n) is 4.82. The summed E-state index contributed by atoms with van der Waals surface area (Å²) >= 11 is 0. The number of ether oxygens (including phenoxy) is 1. The Morgan fingerprint density at radius 3 is 2.68 bits per heavy atom. The summed E-state index contributed by atoms with van der Waals surface area (Å²) in [5.74, 6) is -1.48. The molecule has 0 unspecified atom stereocenters. The molecule has 0 bridgehead atoms. The van der Waals surface area contributed by atoms with Gasteiger partial charge in [-0.2, -0.15) is 5.26 Å². The van der Waals surface area contributed by atoms with Gasteiger partial charge in [0, 0.05) is 26.2 Å². The lowest BCUT2D eigenvalue weighted by atomic mass is 10.2. The van der Waals surface area contributed by atoms with Gasteiger partial charge in [0.2, 0.25) is 0 Å². The van der Waals surface area contributed by atoms with Gasteiger partial charge in [-0.3, -0.25) is 14.5 Å². The predicted octanol–water partition coefficient (Wildman–Crippen LogP) is -0.0548. The van der Waals surface area contributed by atoms with E-state index >= 15 is 0 Å². The summed E-state index contributed by atoms with van der Waals surface area (Å²) in [6.45, 7) is 4.12. The highest BCUT2D eigenvalue weighted by Gasteiger charge is 2.16. The number of hydrogen-bond donors (Lipinski definition) is 2. The van der Waals surface area contributed by atoms with E-state index in [1.54, 1.807) is 24.3 Å². The normalized spacial score (nSPS) is 14.9. The number of nitriles is 1. The van der Waals surface area contributed by atoms with Crippen molar-refractivity contribution in [2.45, 2.75) is 0 Å². The average molecular weight is 302 g/mol. The number of carbonyl (C=O) groups excluding carboxylic acids is 2. The number of nitrogens with one attached hydrogen (secondary N) is 2. The Labute approximate surface area is 128 Å². The summed E-state index contributed by atoms with van der Waals surface area (Å²) in [6, 6.07) is 8.50. The molecule has 7 nitrogen and oxygen atoms in total. The Kier molecular flexibility index (Phi) is 5.89. The Morgan fingerprint density at radius 1 is 1.23 bits per heavy atom. The minimum absolute atomic E-state index is 0.317. The van der Waals surface area contributed by atoms with Crippen LogP contribution in [0.5, 0.6) is 0 Å². The van der Waals surface area contributed by atoms with E-state index in [1.165, 1.54) is 0 Å². The van der Waals surface area contributed by atoms with Gasteiger partial charge in [-0.15, -0.1) is 0 Å². The highest BCUT2D eigenvalue weighted by Crippen LogP contribution is 2.13. The van der Waals surface area contributed by atoms with Crippen LogP contribution in [-0.4, -0.2) is 56.1 Å². The molecule has 116 valence electrons. The van der Waals surface area contributed by atoms with Crippen molar-refractivity contribution < 1.29 is 14.3 Å². The summed E-state index contributed by atoms with van der Waals surface area (Å²) in [5, 5.41) is 14.0. The zero-order valence-electron chi connectivity index (χ0n) is 12.2. The molecule has 1 aromatic carbocycles. The third-order valence-corrected chi connectivity index (χ3v) is 3.32. The second kappa shape index (κ2) is 8.12. The first-order valence-corrected chi connectivity index (χ1v) is 7.09. The fourth-order valence-electron chi connectivity index (χ4n) is 2.10. The Balaban J connectivity index is 1.77. The number of anilines is 1. The summed E-state index contributed by atoms with van der Waals surface area (Å²) in [4.78, 5) is 25.7. The van der Waals surface area contributed by atoms with Crippen LogP contribution in [-0.2, 0) is 14.3 Å². The van der Waals surface area contributed by atoms with Crippen molar-refractivity contribution in [3.05, 3.63) is 29.8 Å². The van der Waals surface area contributed by atoms with E-state index in [0.717, 1.165) is 13.1 Å². The molecular formula is C15H18N4O3. The maximum Gasteiger partial charge on any atom is 0.313 e. The zero-order chi connectivity index (χ0) is 15.8. The SMILES string of the molecule is N#Cc1ccccc1NC(=O)C(=O)NCCN1CCOCC1. The molecule has 1 aliphatic heterocycles. The van der Waals surface area contributed by atoms with Crippen molar-refractivity contribution in [1.82, 2.24) is 10.2 Å². The molecule has 2 N–H and O–H groups in total. The van der Waals surface area contributed by atoms with Gasteiger partial charge in [-0.05, 0) is 12.1 Å². The topological polar surface area (TPSA) is 94.5 Å². The molecule has 2 amide bonds. The third-order valence-electron chi connectivity index (χ3n) is 3.32. The fraction of sp³-hybridized carbons (Fsp3) is 0.400. The van der Waals surface area contributed by atoms with Crippen molar-refractivity contribution >= 4 is 17.5 Å². The van der Waals surface area contributed by atoms with E-state index in [9.17, 15) is 9.59 Å². The first-order valence-electron chi connectivity index (χ1n) is 7.09. The summed E-state index contributed by atoms with van der Waals surface area (Å²) in [7, 11) is 0. The van der Waals surface area contributed by atoms with Crippen LogP contribution in [0.4, 0.5) is 5.69 Å². The third kappa shape index (κ3) is 4.55. The monoisotopic (exact) mass is 302 g/mol. The van der Waals surface area contributed by atoms with Crippen LogP contribution in [0.3, 0.4) is 0 Å². The van der Waals surface area contributed by atoms with Gasteiger partial charge in [-0.25, -0.2) is 0 Å². The molecule has 0 spiro atoms. The van der Waals surface area contributed by atoms with E-state index in [1.807, 2.05) is 6.07 Å². The molecule has 2 rings (SSSR count). The highest BCUT2D eigenvalue weighted by atomic mass is 16.5. The summed E-state index contributed by atoms with van der Waals surface area (Å²) in [6.07, 6.45) is 0. The minimum Gasteiger partial charge on any atom is -0.379 e. The lowest BCUT2D eigenvalue weighted by molar-refractivity contribution is -0.136. The van der Waals surface area contributed by atoms with Crippen LogP contribution in [0.1, 0.15) is 5.56 Å². The quantitative estimate of drug-likeness (QED) is 0.760. The van der Waals surface area contributed by atoms with Gasteiger partial charge < -0.3 is 15.4 Å². The molecule has 1 aliphatic rings. The Bertz CT molecular complexity index is 576. The van der Waals surface area contributed by atoms with Crippen molar-refractivity contribution in [3.8, 4) is 6.07 Å². The van der Waals surface area contributed by atoms with Crippen LogP contribution in [0.15, 0.2) is 24.3 Å². The van der Waals surface area contributed by atoms with Crippen molar-refractivity contribution in [2.75, 3.05) is 44.7 Å². The molecule has 0 atom stereocenters. The molecule has 1 aromatic rings. The van der Waals surface area contributed by atoms with Gasteiger partial charge >= 0.3 is 11.8 Å². The molecule has 22 heavy (non-hydrogen) atoms. The van der Waals surface area contributed by atoms with Crippen molar-refractivity contribution in [3.63, 3.8) is 0 Å². The first-order chi connectivity index (χ1) is 10.7. The van der Waals surface area contributed by atoms with Crippen LogP contribution < -0.4 is 10.6 Å². The van der Waals surface area contributed by atoms with Gasteiger partial charge in [0.25, 0.3) is 0 Å². The zero-order valence-corrected chi connectivity index (χ0v) is 12.2. The van der Waals surface area contributed by atoms with E-state index in [4.69, 9.17) is 10.00 Å². The molecular weight excluding hydrogens is 284 g/mol. The highest BCUT2D eigenvalue weighted by molar-refractivity contribution is 6.39. The van der Waals surface area contributed by atoms with Crippen LogP contribution in [0.2, 0.25) is 0 Å². The van der Waals surface area contributed by atoms with Gasteiger partial charge in [0.1, 0.15) is 6.07 Å². The van der Waals surface area contributed by atoms with E-state index in [-0.39, 0.29) is 0 Å². The minimum atomic E-state index is -0.773. The van der Waals surface area contributed by atoms with E-state index in [2.05, 4.69) is 15.5 Å². The number of carbonyl (C=O) groups is 2. The van der Waals surface area contributed by atoms with Gasteiger partial charge in [-0.1, -0.05) is 12.1 Å². The van der Waals surface area contributed by atoms with Crippen LogP contribution in [0.25, 0.3) is 0 Å². The Hall–Kier alpha value is -2.43. The number of morpholine rings is 1. The maximum absolute atomic E-state index is 11.8. The number of benzene rings is 1. The number of rotatable bonds is 4. The van der Waals surface area contributed by atoms with E-state index < -0.39 is 11.8 Å². The molecule has 1 heterocycles. The molecule has 0 aromatic heterocycles. The van der Waals surface area contributed by atoms with Crippen molar-refractivity contribution in [2.24, 2.45) is 0 Å². The summed E-state index contributed by atoms with van der Waals surface area (Å²) in [5.41, 5.74) is 0.648. The molecule has 0 radical (unpaired) electrons. The van der Waals surface area contributed by atoms with Crippen molar-refractivity contribution in [1.29, 1.82) is 5.26 Å². The molecule has 0 saturated carbocycles. The molecule has 1 fully saturated rings. The Morgan fingerprint density at radius 2 is 1.95 bits per heavy atom. The predicted molar refractivity (Wildman–Crippen MR) is 80.1 cm³/mol. The van der Waals surface area contributed by atoms with Gasteiger partial charge in [0.05, 0.1) is 24.5 Å². The standard InChI is InChI=1S/C15H18N4O3/c16-11-12-3-1-2-4-13(12)18-15(21)14(20)17-5-6-19-7-9-22-10-8-19/h1-4H,5-10H2,(H,17,20)(H,18,21). The van der Waals surface area contributed by atoms with Crippen LogP contribution >= 0.6 is 0 Å². The largest absolute Gasteiger partial charge is 0.379 e. The van der Waals surface area contributed by atoms with Crippen LogP contribution in [0, 0.1) is 11.3 Å². The number of nitrogens with zero attached hydrogens (tertiary/aromatic N) is 2. The number of para-hydroxylation sites is 1. The lowest BCUT2D eigenvalue weighted by Gasteiger charge is -2.26. The number of amides is 2. The summed E-state index contributed by atoms with van der Waals surface area (Å²) < 4.78 is 5.23. The smallest absolute Gasteiger partial charge is 0.313 e. The average Bonchev–Trinajstić information content (AvgIpc) is 2.56. The number of hydrogen-bond acceptors (Lipinski definition) is 5. The maximum atomic E-state index is 11.8. The molecule has 0 aliphatic carbocycles. The first kappa shape index (κ1) is 15.9. The van der Waals surface area contributed by atoms with Gasteiger partial charge in [0.15, 0.2) is 0 Å². The lowest BCUT2D eigenvalue weighted by Crippen LogP contribution is -2.43.